The van der Waals surface area contributed by atoms with Crippen molar-refractivity contribution in [3.63, 3.8) is 0 Å². The van der Waals surface area contributed by atoms with Crippen LogP contribution in [0.2, 0.25) is 0 Å². The summed E-state index contributed by atoms with van der Waals surface area (Å²) in [5, 5.41) is 13.8. The number of carbonyl (C=O) groups is 1. The highest BCUT2D eigenvalue weighted by molar-refractivity contribution is 7.47. The van der Waals surface area contributed by atoms with Crippen molar-refractivity contribution in [2.45, 2.75) is 289 Å². The number of hydrogen-bond donors (Lipinski definition) is 3. The van der Waals surface area contributed by atoms with E-state index in [1.54, 1.807) is 6.08 Å². The van der Waals surface area contributed by atoms with Crippen LogP contribution < -0.4 is 5.32 Å². The van der Waals surface area contributed by atoms with Gasteiger partial charge >= 0.3 is 7.82 Å². The number of phosphoric ester groups is 1. The molecule has 0 aliphatic carbocycles. The smallest absolute Gasteiger partial charge is 0.387 e. The van der Waals surface area contributed by atoms with Gasteiger partial charge in [-0.15, -0.1) is 0 Å². The summed E-state index contributed by atoms with van der Waals surface area (Å²) in [4.78, 5) is 23.2. The van der Waals surface area contributed by atoms with E-state index in [0.29, 0.717) is 17.4 Å². The summed E-state index contributed by atoms with van der Waals surface area (Å²) >= 11 is 0. The van der Waals surface area contributed by atoms with Crippen LogP contribution in [-0.4, -0.2) is 73.4 Å². The number of phosphoric acid groups is 1. The van der Waals surface area contributed by atoms with Crippen molar-refractivity contribution in [2.75, 3.05) is 40.9 Å². The number of carbonyl (C=O) groups excluding carboxylic acids is 1. The maximum Gasteiger partial charge on any atom is 0.472 e. The van der Waals surface area contributed by atoms with Crippen molar-refractivity contribution in [3.8, 4) is 0 Å². The molecule has 0 radical (unpaired) electrons. The highest BCUT2D eigenvalue weighted by atomic mass is 31.2. The summed E-state index contributed by atoms with van der Waals surface area (Å²) in [7, 11) is 1.55. The van der Waals surface area contributed by atoms with Crippen LogP contribution in [0.1, 0.15) is 277 Å². The van der Waals surface area contributed by atoms with Crippen molar-refractivity contribution in [2.24, 2.45) is 0 Å². The fourth-order valence-electron chi connectivity index (χ4n) is 8.68. The first-order chi connectivity index (χ1) is 34.5. The zero-order valence-electron chi connectivity index (χ0n) is 47.5. The lowest BCUT2D eigenvalue weighted by Gasteiger charge is -2.25. The highest BCUT2D eigenvalue weighted by Gasteiger charge is 2.27. The molecule has 0 saturated heterocycles. The Morgan fingerprint density at radius 1 is 0.479 bits per heavy atom. The summed E-state index contributed by atoms with van der Waals surface area (Å²) in [5.74, 6) is -0.191. The molecule has 0 aromatic rings. The van der Waals surface area contributed by atoms with Crippen LogP contribution in [-0.2, 0) is 18.4 Å². The van der Waals surface area contributed by atoms with E-state index < -0.39 is 20.0 Å². The third kappa shape index (κ3) is 55.8. The highest BCUT2D eigenvalue weighted by Crippen LogP contribution is 2.43. The first-order valence-corrected chi connectivity index (χ1v) is 31.7. The number of likely N-dealkylation sites (N-methyl/N-ethyl adjacent to an activating group) is 1. The molecular weight excluding hydrogens is 900 g/mol. The summed E-state index contributed by atoms with van der Waals surface area (Å²) in [5.41, 5.74) is 0. The quantitative estimate of drug-likeness (QED) is 0.0243. The van der Waals surface area contributed by atoms with Crippen LogP contribution >= 0.6 is 7.82 Å². The average molecular weight is 1020 g/mol. The topological polar surface area (TPSA) is 105 Å². The summed E-state index contributed by atoms with van der Waals surface area (Å²) < 4.78 is 23.6. The van der Waals surface area contributed by atoms with Gasteiger partial charge in [0.15, 0.2) is 0 Å². The molecule has 0 fully saturated rings. The molecule has 0 aromatic heterocycles. The van der Waals surface area contributed by atoms with Crippen molar-refractivity contribution in [3.05, 3.63) is 60.8 Å². The number of allylic oxidation sites excluding steroid dienone is 9. The second-order valence-electron chi connectivity index (χ2n) is 21.7. The molecule has 0 bridgehead atoms. The standard InChI is InChI=1S/C62H117N2O6P/c1-6-8-10-12-14-16-18-20-21-22-23-24-25-26-27-28-29-30-31-32-33-34-35-36-37-38-39-40-41-42-43-44-46-48-50-52-54-56-62(66)63-60(59-70-71(67,68)69-58-57-64(3,4)5)61(65)55-53-51-49-47-45-19-17-15-13-11-9-7-2/h13,15,27-28,30-31,45,47,53,55,60-61,65H,6-12,14,16-26,29,32-44,46,48-52,54,56-59H2,1-5H3,(H-,63,66,67,68)/p+1/b15-13+,28-27-,31-30-,47-45+,55-53+. The third-order valence-corrected chi connectivity index (χ3v) is 14.4. The van der Waals surface area contributed by atoms with E-state index in [0.717, 1.165) is 57.8 Å². The number of nitrogens with zero attached hydrogens (tertiary/aromatic N) is 1. The average Bonchev–Trinajstić information content (AvgIpc) is 3.33. The van der Waals surface area contributed by atoms with Gasteiger partial charge in [-0.05, 0) is 70.6 Å². The van der Waals surface area contributed by atoms with Crippen LogP contribution in [0.15, 0.2) is 60.8 Å². The predicted molar refractivity (Wildman–Crippen MR) is 309 cm³/mol. The molecule has 1 amide bonds. The SMILES string of the molecule is CCCC/C=C/CC/C=C/CC/C=C/C(O)C(COP(=O)(O)OCC[N+](C)(C)C)NC(=O)CCCCCCCCCCCCCCCCCCC/C=C\C/C=C\CCCCCCCCCCCCCCC. The van der Waals surface area contributed by atoms with Gasteiger partial charge in [0, 0.05) is 6.42 Å². The molecule has 3 N–H and O–H groups in total. The Morgan fingerprint density at radius 2 is 0.831 bits per heavy atom. The van der Waals surface area contributed by atoms with Crippen LogP contribution in [0.3, 0.4) is 0 Å². The maximum absolute atomic E-state index is 12.9. The summed E-state index contributed by atoms with van der Waals surface area (Å²) in [6.07, 6.45) is 72.2. The van der Waals surface area contributed by atoms with E-state index in [-0.39, 0.29) is 19.1 Å². The second-order valence-corrected chi connectivity index (χ2v) is 23.2. The molecule has 416 valence electrons. The van der Waals surface area contributed by atoms with E-state index in [4.69, 9.17) is 9.05 Å². The van der Waals surface area contributed by atoms with E-state index in [2.05, 4.69) is 67.8 Å². The van der Waals surface area contributed by atoms with E-state index in [9.17, 15) is 19.4 Å². The van der Waals surface area contributed by atoms with Gasteiger partial charge in [0.25, 0.3) is 0 Å². The molecule has 0 aliphatic heterocycles. The third-order valence-electron chi connectivity index (χ3n) is 13.4. The number of unbranched alkanes of at least 4 members (excludes halogenated alkanes) is 34. The van der Waals surface area contributed by atoms with E-state index in [1.165, 1.54) is 199 Å². The van der Waals surface area contributed by atoms with Gasteiger partial charge in [0.2, 0.25) is 5.91 Å². The molecule has 0 saturated carbocycles. The Bertz CT molecular complexity index is 1340. The summed E-state index contributed by atoms with van der Waals surface area (Å²) in [6.45, 7) is 4.75. The summed E-state index contributed by atoms with van der Waals surface area (Å²) in [6, 6.07) is -0.870. The largest absolute Gasteiger partial charge is 0.472 e. The Kier molecular flexibility index (Phi) is 51.7. The second kappa shape index (κ2) is 53.0. The van der Waals surface area contributed by atoms with E-state index in [1.807, 2.05) is 27.2 Å². The number of quaternary nitrogens is 1. The first-order valence-electron chi connectivity index (χ1n) is 30.2. The molecule has 0 aromatic carbocycles. The minimum absolute atomic E-state index is 0.0525. The molecule has 0 aliphatic rings. The minimum atomic E-state index is -4.35. The lowest BCUT2D eigenvalue weighted by atomic mass is 10.0. The van der Waals surface area contributed by atoms with Gasteiger partial charge in [0.1, 0.15) is 13.2 Å². The number of aliphatic hydroxyl groups is 1. The van der Waals surface area contributed by atoms with Crippen LogP contribution in [0.5, 0.6) is 0 Å². The van der Waals surface area contributed by atoms with Crippen LogP contribution in [0.25, 0.3) is 0 Å². The molecule has 3 atom stereocenters. The molecule has 0 spiro atoms. The maximum atomic E-state index is 12.9. The van der Waals surface area contributed by atoms with Crippen molar-refractivity contribution >= 4 is 13.7 Å². The fraction of sp³-hybridized carbons (Fsp3) is 0.823. The zero-order valence-corrected chi connectivity index (χ0v) is 48.4. The Labute approximate surface area is 441 Å². The Balaban J connectivity index is 3.94. The zero-order chi connectivity index (χ0) is 52.0. The van der Waals surface area contributed by atoms with Crippen LogP contribution in [0, 0.1) is 0 Å². The van der Waals surface area contributed by atoms with Gasteiger partial charge in [-0.25, -0.2) is 4.57 Å². The molecular formula is C62H118N2O6P+. The normalized spacial score (nSPS) is 14.3. The number of amides is 1. The monoisotopic (exact) mass is 1020 g/mol. The predicted octanol–water partition coefficient (Wildman–Crippen LogP) is 18.5. The van der Waals surface area contributed by atoms with Gasteiger partial charge in [-0.3, -0.25) is 13.8 Å². The molecule has 8 nitrogen and oxygen atoms in total. The van der Waals surface area contributed by atoms with E-state index >= 15 is 0 Å². The Morgan fingerprint density at radius 3 is 1.25 bits per heavy atom. The lowest BCUT2D eigenvalue weighted by molar-refractivity contribution is -0.870. The van der Waals surface area contributed by atoms with Gasteiger partial charge in [-0.1, -0.05) is 261 Å². The van der Waals surface area contributed by atoms with Crippen LogP contribution in [0.4, 0.5) is 0 Å². The molecule has 3 unspecified atom stereocenters. The molecule has 0 rings (SSSR count). The van der Waals surface area contributed by atoms with Gasteiger partial charge in [-0.2, -0.15) is 0 Å². The van der Waals surface area contributed by atoms with Crippen molar-refractivity contribution in [1.29, 1.82) is 0 Å². The number of hydrogen-bond acceptors (Lipinski definition) is 5. The molecule has 9 heteroatoms. The fourth-order valence-corrected chi connectivity index (χ4v) is 9.42. The molecule has 0 heterocycles. The number of rotatable bonds is 55. The Hall–Kier alpha value is -1.80. The van der Waals surface area contributed by atoms with Crippen molar-refractivity contribution in [1.82, 2.24) is 5.32 Å². The van der Waals surface area contributed by atoms with Gasteiger partial charge in [0.05, 0.1) is 39.9 Å². The minimum Gasteiger partial charge on any atom is -0.387 e. The molecule has 71 heavy (non-hydrogen) atoms. The number of aliphatic hydroxyl groups excluding tert-OH is 1. The first kappa shape index (κ1) is 69.2. The van der Waals surface area contributed by atoms with Crippen molar-refractivity contribution < 1.29 is 32.9 Å². The van der Waals surface area contributed by atoms with Gasteiger partial charge < -0.3 is 19.8 Å². The number of nitrogens with one attached hydrogen (secondary N) is 1. The lowest BCUT2D eigenvalue weighted by Crippen LogP contribution is -2.45.